The molecule has 0 unspecified atom stereocenters. The number of hydrogen-bond acceptors (Lipinski definition) is 5. The summed E-state index contributed by atoms with van der Waals surface area (Å²) < 4.78 is 44.0. The lowest BCUT2D eigenvalue weighted by atomic mass is 10.1. The highest BCUT2D eigenvalue weighted by Gasteiger charge is 2.32. The SMILES string of the molecule is CN=C1C=CN2C(=C(c3cn[nH]c3)CN2CCc2cc(F)ccc2OCC(F)F)N1. The number of aromatic nitrogens is 2. The molecule has 2 aromatic rings. The molecule has 0 spiro atoms. The Balaban J connectivity index is 1.53. The van der Waals surface area contributed by atoms with Gasteiger partial charge in [0.15, 0.2) is 0 Å². The van der Waals surface area contributed by atoms with Crippen molar-refractivity contribution in [1.82, 2.24) is 25.5 Å². The molecule has 7 nitrogen and oxygen atoms in total. The third-order valence-electron chi connectivity index (χ3n) is 4.89. The van der Waals surface area contributed by atoms with Crippen molar-refractivity contribution in [3.8, 4) is 5.75 Å². The zero-order chi connectivity index (χ0) is 21.1. The van der Waals surface area contributed by atoms with Crippen molar-refractivity contribution in [2.24, 2.45) is 4.99 Å². The smallest absolute Gasteiger partial charge is 0.272 e. The fourth-order valence-electron chi connectivity index (χ4n) is 3.47. The Hall–Kier alpha value is -3.27. The molecule has 10 heteroatoms. The minimum atomic E-state index is -2.59. The van der Waals surface area contributed by atoms with Gasteiger partial charge in [-0.1, -0.05) is 0 Å². The van der Waals surface area contributed by atoms with Crippen molar-refractivity contribution < 1.29 is 17.9 Å². The molecule has 0 fully saturated rings. The predicted octanol–water partition coefficient (Wildman–Crippen LogP) is 2.78. The zero-order valence-corrected chi connectivity index (χ0v) is 16.3. The number of aliphatic imine (C=N–C) groups is 1. The fraction of sp³-hybridized carbons (Fsp3) is 0.300. The zero-order valence-electron chi connectivity index (χ0n) is 16.3. The Morgan fingerprint density at radius 1 is 1.33 bits per heavy atom. The quantitative estimate of drug-likeness (QED) is 0.724. The average molecular weight is 418 g/mol. The Morgan fingerprint density at radius 2 is 2.20 bits per heavy atom. The van der Waals surface area contributed by atoms with Crippen LogP contribution in [0.15, 0.2) is 53.7 Å². The number of aromatic amines is 1. The third kappa shape index (κ3) is 4.18. The van der Waals surface area contributed by atoms with Gasteiger partial charge in [-0.3, -0.25) is 15.1 Å². The van der Waals surface area contributed by atoms with Crippen molar-refractivity contribution >= 4 is 11.4 Å². The molecular formula is C20H21F3N6O. The first kappa shape index (κ1) is 20.0. The normalized spacial score (nSPS) is 17.8. The van der Waals surface area contributed by atoms with Gasteiger partial charge in [0.2, 0.25) is 0 Å². The number of alkyl halides is 2. The molecule has 0 bridgehead atoms. The van der Waals surface area contributed by atoms with Gasteiger partial charge in [0.05, 0.1) is 6.20 Å². The first-order chi connectivity index (χ1) is 14.5. The molecule has 2 N–H and O–H groups in total. The molecule has 30 heavy (non-hydrogen) atoms. The number of nitrogens with zero attached hydrogens (tertiary/aromatic N) is 4. The second-order valence-electron chi connectivity index (χ2n) is 6.80. The molecule has 1 aromatic carbocycles. The fourth-order valence-corrected chi connectivity index (χ4v) is 3.47. The Bertz CT molecular complexity index is 986. The minimum absolute atomic E-state index is 0.270. The number of H-pyrrole nitrogens is 1. The van der Waals surface area contributed by atoms with Crippen molar-refractivity contribution in [3.05, 3.63) is 65.6 Å². The molecule has 0 amide bonds. The van der Waals surface area contributed by atoms with Gasteiger partial charge in [0, 0.05) is 43.7 Å². The van der Waals surface area contributed by atoms with Gasteiger partial charge in [-0.05, 0) is 36.3 Å². The van der Waals surface area contributed by atoms with Gasteiger partial charge >= 0.3 is 0 Å². The van der Waals surface area contributed by atoms with Crippen LogP contribution in [0.3, 0.4) is 0 Å². The summed E-state index contributed by atoms with van der Waals surface area (Å²) in [5.41, 5.74) is 2.52. The summed E-state index contributed by atoms with van der Waals surface area (Å²) in [5.74, 6) is 1.44. The Kier molecular flexibility index (Phi) is 5.75. The van der Waals surface area contributed by atoms with E-state index in [4.69, 9.17) is 4.74 Å². The maximum atomic E-state index is 13.8. The van der Waals surface area contributed by atoms with Crippen LogP contribution in [-0.2, 0) is 6.42 Å². The summed E-state index contributed by atoms with van der Waals surface area (Å²) in [6, 6.07) is 3.93. The number of halogens is 3. The number of ether oxygens (including phenoxy) is 1. The molecule has 4 rings (SSSR count). The summed E-state index contributed by atoms with van der Waals surface area (Å²) in [7, 11) is 1.71. The van der Waals surface area contributed by atoms with Gasteiger partial charge in [0.1, 0.15) is 29.8 Å². The molecule has 0 aliphatic carbocycles. The van der Waals surface area contributed by atoms with E-state index in [1.54, 1.807) is 13.2 Å². The number of hydrazine groups is 1. The van der Waals surface area contributed by atoms with Crippen LogP contribution < -0.4 is 10.1 Å². The topological polar surface area (TPSA) is 68.8 Å². The monoisotopic (exact) mass is 418 g/mol. The van der Waals surface area contributed by atoms with Crippen molar-refractivity contribution in [3.63, 3.8) is 0 Å². The van der Waals surface area contributed by atoms with E-state index in [2.05, 4.69) is 25.5 Å². The van der Waals surface area contributed by atoms with Crippen molar-refractivity contribution in [2.45, 2.75) is 12.8 Å². The van der Waals surface area contributed by atoms with Crippen LogP contribution >= 0.6 is 0 Å². The maximum absolute atomic E-state index is 13.8. The Morgan fingerprint density at radius 3 is 2.93 bits per heavy atom. The van der Waals surface area contributed by atoms with E-state index in [9.17, 15) is 13.2 Å². The van der Waals surface area contributed by atoms with Gasteiger partial charge in [-0.2, -0.15) is 5.10 Å². The van der Waals surface area contributed by atoms with Gasteiger partial charge in [0.25, 0.3) is 6.43 Å². The molecule has 2 aliphatic rings. The van der Waals surface area contributed by atoms with E-state index in [1.165, 1.54) is 18.2 Å². The lowest BCUT2D eigenvalue weighted by Gasteiger charge is -2.32. The number of benzene rings is 1. The highest BCUT2D eigenvalue weighted by molar-refractivity contribution is 5.96. The maximum Gasteiger partial charge on any atom is 0.272 e. The first-order valence-corrected chi connectivity index (χ1v) is 9.43. The number of nitrogens with one attached hydrogen (secondary N) is 2. The molecule has 158 valence electrons. The largest absolute Gasteiger partial charge is 0.487 e. The van der Waals surface area contributed by atoms with Crippen molar-refractivity contribution in [2.75, 3.05) is 26.7 Å². The van der Waals surface area contributed by atoms with Crippen LogP contribution in [0.2, 0.25) is 0 Å². The molecule has 3 heterocycles. The van der Waals surface area contributed by atoms with Gasteiger partial charge in [-0.25, -0.2) is 18.2 Å². The summed E-state index contributed by atoms with van der Waals surface area (Å²) in [5, 5.41) is 14.2. The van der Waals surface area contributed by atoms with Crippen LogP contribution in [0.1, 0.15) is 11.1 Å². The highest BCUT2D eigenvalue weighted by Crippen LogP contribution is 2.31. The van der Waals surface area contributed by atoms with Crippen LogP contribution in [0.25, 0.3) is 5.57 Å². The Labute approximate surface area is 171 Å². The van der Waals surface area contributed by atoms with E-state index >= 15 is 0 Å². The second-order valence-corrected chi connectivity index (χ2v) is 6.80. The third-order valence-corrected chi connectivity index (χ3v) is 4.89. The van der Waals surface area contributed by atoms with E-state index in [0.717, 1.165) is 22.8 Å². The van der Waals surface area contributed by atoms with Gasteiger partial charge in [-0.15, -0.1) is 0 Å². The highest BCUT2D eigenvalue weighted by atomic mass is 19.3. The summed E-state index contributed by atoms with van der Waals surface area (Å²) in [6.07, 6.45) is 5.15. The van der Waals surface area contributed by atoms with Crippen molar-refractivity contribution in [1.29, 1.82) is 0 Å². The second kappa shape index (κ2) is 8.62. The summed E-state index contributed by atoms with van der Waals surface area (Å²) >= 11 is 0. The number of rotatable bonds is 7. The van der Waals surface area contributed by atoms with Crippen LogP contribution in [0.5, 0.6) is 5.75 Å². The first-order valence-electron chi connectivity index (χ1n) is 9.43. The van der Waals surface area contributed by atoms with E-state index in [-0.39, 0.29) is 5.75 Å². The van der Waals surface area contributed by atoms with Gasteiger partial charge < -0.3 is 10.1 Å². The number of amidine groups is 1. The lowest BCUT2D eigenvalue weighted by Crippen LogP contribution is -2.42. The van der Waals surface area contributed by atoms with E-state index in [1.807, 2.05) is 23.5 Å². The minimum Gasteiger partial charge on any atom is -0.487 e. The number of fused-ring (bicyclic) bond motifs is 1. The molecule has 0 saturated carbocycles. The van der Waals surface area contributed by atoms with E-state index < -0.39 is 18.8 Å². The molecule has 2 aliphatic heterocycles. The molecule has 1 aromatic heterocycles. The molecule has 0 atom stereocenters. The molecule has 0 radical (unpaired) electrons. The van der Waals surface area contributed by atoms with E-state index in [0.29, 0.717) is 25.1 Å². The molecular weight excluding hydrogens is 397 g/mol. The lowest BCUT2D eigenvalue weighted by molar-refractivity contribution is 0.0788. The molecule has 0 saturated heterocycles. The standard InChI is InChI=1S/C20H21F3N6O/c1-24-19-5-7-29-20(27-19)16(14-9-25-26-10-14)11-28(29)6-4-13-8-15(21)2-3-17(13)30-12-18(22)23/h2-3,5,7-10,18H,4,6,11-12H2,1H3,(H,24,27)(H,25,26). The van der Waals surface area contributed by atoms with Crippen LogP contribution in [-0.4, -0.2) is 59.2 Å². The summed E-state index contributed by atoms with van der Waals surface area (Å²) in [4.78, 5) is 4.19. The summed E-state index contributed by atoms with van der Waals surface area (Å²) in [6.45, 7) is 0.381. The van der Waals surface area contributed by atoms with Crippen LogP contribution in [0.4, 0.5) is 13.2 Å². The van der Waals surface area contributed by atoms with Crippen LogP contribution in [0, 0.1) is 5.82 Å². The number of hydrogen-bond donors (Lipinski definition) is 2. The average Bonchev–Trinajstić information content (AvgIpc) is 3.38. The predicted molar refractivity (Wildman–Crippen MR) is 106 cm³/mol.